The molecule has 0 spiro atoms. The van der Waals surface area contributed by atoms with Gasteiger partial charge in [0.25, 0.3) is 0 Å². The van der Waals surface area contributed by atoms with Crippen LogP contribution in [0.15, 0.2) is 34.5 Å². The summed E-state index contributed by atoms with van der Waals surface area (Å²) in [6, 6.07) is 7.82. The lowest BCUT2D eigenvalue weighted by Crippen LogP contribution is -2.21. The van der Waals surface area contributed by atoms with E-state index in [0.29, 0.717) is 6.54 Å². The summed E-state index contributed by atoms with van der Waals surface area (Å²) in [6.45, 7) is 10.1. The Kier molecular flexibility index (Phi) is 4.60. The summed E-state index contributed by atoms with van der Waals surface area (Å²) >= 11 is 0. The quantitative estimate of drug-likeness (QED) is 0.626. The van der Waals surface area contributed by atoms with E-state index >= 15 is 0 Å². The first-order chi connectivity index (χ1) is 10.7. The van der Waals surface area contributed by atoms with Gasteiger partial charge in [0.05, 0.1) is 18.4 Å². The standard InChI is InChI=1S/C19H22N2O2/c1-13-9-15(10-16(11-20)18(22)19(3,4)5)14(2)21(13)12-17-7-6-8-23-17/h6-10H,12H2,1-5H3/b16-10+. The van der Waals surface area contributed by atoms with Crippen LogP contribution in [-0.2, 0) is 11.3 Å². The zero-order chi connectivity index (χ0) is 17.2. The van der Waals surface area contributed by atoms with Crippen molar-refractivity contribution in [2.75, 3.05) is 0 Å². The van der Waals surface area contributed by atoms with E-state index in [2.05, 4.69) is 4.57 Å². The summed E-state index contributed by atoms with van der Waals surface area (Å²) in [5.74, 6) is 0.726. The molecule has 2 rings (SSSR count). The number of carbonyl (C=O) groups excluding carboxylic acids is 1. The maximum Gasteiger partial charge on any atom is 0.178 e. The van der Waals surface area contributed by atoms with Gasteiger partial charge in [-0.1, -0.05) is 20.8 Å². The van der Waals surface area contributed by atoms with Gasteiger partial charge >= 0.3 is 0 Å². The minimum Gasteiger partial charge on any atom is -0.467 e. The molecule has 0 saturated heterocycles. The Morgan fingerprint density at radius 2 is 2.09 bits per heavy atom. The highest BCUT2D eigenvalue weighted by molar-refractivity contribution is 6.06. The van der Waals surface area contributed by atoms with Crippen LogP contribution in [0.2, 0.25) is 0 Å². The Hall–Kier alpha value is -2.54. The zero-order valence-corrected chi connectivity index (χ0v) is 14.3. The third-order valence-corrected chi connectivity index (χ3v) is 3.85. The van der Waals surface area contributed by atoms with Crippen molar-refractivity contribution in [3.05, 3.63) is 52.7 Å². The number of carbonyl (C=O) groups is 1. The molecular weight excluding hydrogens is 288 g/mol. The van der Waals surface area contributed by atoms with Crippen LogP contribution in [0.4, 0.5) is 0 Å². The summed E-state index contributed by atoms with van der Waals surface area (Å²) in [5.41, 5.74) is 2.58. The number of furan rings is 1. The van der Waals surface area contributed by atoms with Gasteiger partial charge in [-0.25, -0.2) is 0 Å². The second-order valence-corrected chi connectivity index (χ2v) is 6.74. The van der Waals surface area contributed by atoms with Crippen molar-refractivity contribution in [1.29, 1.82) is 5.26 Å². The largest absolute Gasteiger partial charge is 0.467 e. The molecule has 0 aliphatic heterocycles. The maximum atomic E-state index is 12.3. The smallest absolute Gasteiger partial charge is 0.178 e. The van der Waals surface area contributed by atoms with Crippen LogP contribution in [0.3, 0.4) is 0 Å². The molecule has 0 N–H and O–H groups in total. The molecule has 0 bridgehead atoms. The molecule has 23 heavy (non-hydrogen) atoms. The third-order valence-electron chi connectivity index (χ3n) is 3.85. The monoisotopic (exact) mass is 310 g/mol. The van der Waals surface area contributed by atoms with E-state index in [-0.39, 0.29) is 11.4 Å². The SMILES string of the molecule is Cc1cc(/C=C(\C#N)C(=O)C(C)(C)C)c(C)n1Cc1ccco1. The predicted octanol–water partition coefficient (Wildman–Crippen LogP) is 4.27. The van der Waals surface area contributed by atoms with E-state index in [1.807, 2.05) is 58.9 Å². The van der Waals surface area contributed by atoms with Crippen molar-refractivity contribution in [3.63, 3.8) is 0 Å². The zero-order valence-electron chi connectivity index (χ0n) is 14.3. The van der Waals surface area contributed by atoms with Crippen LogP contribution in [0.5, 0.6) is 0 Å². The first-order valence-corrected chi connectivity index (χ1v) is 7.59. The molecule has 4 nitrogen and oxygen atoms in total. The molecule has 4 heteroatoms. The molecule has 2 heterocycles. The number of hydrogen-bond acceptors (Lipinski definition) is 3. The number of rotatable bonds is 4. The normalized spacial score (nSPS) is 12.3. The molecule has 0 radical (unpaired) electrons. The van der Waals surface area contributed by atoms with Crippen molar-refractivity contribution in [3.8, 4) is 6.07 Å². The molecule has 0 amide bonds. The average molecular weight is 310 g/mol. The summed E-state index contributed by atoms with van der Waals surface area (Å²) in [6.07, 6.45) is 3.34. The lowest BCUT2D eigenvalue weighted by atomic mass is 9.86. The van der Waals surface area contributed by atoms with Crippen LogP contribution in [-0.4, -0.2) is 10.4 Å². The van der Waals surface area contributed by atoms with E-state index in [4.69, 9.17) is 4.42 Å². The predicted molar refractivity (Wildman–Crippen MR) is 89.8 cm³/mol. The highest BCUT2D eigenvalue weighted by atomic mass is 16.3. The number of aromatic nitrogens is 1. The fourth-order valence-corrected chi connectivity index (χ4v) is 2.48. The van der Waals surface area contributed by atoms with Crippen LogP contribution in [0.1, 0.15) is 43.5 Å². The molecule has 0 unspecified atom stereocenters. The molecule has 0 atom stereocenters. The minimum absolute atomic E-state index is 0.143. The van der Waals surface area contributed by atoms with Crippen molar-refractivity contribution in [2.24, 2.45) is 5.41 Å². The highest BCUT2D eigenvalue weighted by Gasteiger charge is 2.25. The number of allylic oxidation sites excluding steroid dienone is 1. The molecule has 0 aliphatic carbocycles. The number of aryl methyl sites for hydroxylation is 1. The van der Waals surface area contributed by atoms with Gasteiger partial charge in [0, 0.05) is 16.8 Å². The maximum absolute atomic E-state index is 12.3. The number of nitriles is 1. The van der Waals surface area contributed by atoms with Crippen molar-refractivity contribution in [2.45, 2.75) is 41.2 Å². The fraction of sp³-hybridized carbons (Fsp3) is 0.368. The Morgan fingerprint density at radius 3 is 2.61 bits per heavy atom. The third kappa shape index (κ3) is 3.62. The van der Waals surface area contributed by atoms with Crippen molar-refractivity contribution >= 4 is 11.9 Å². The summed E-state index contributed by atoms with van der Waals surface area (Å²) in [7, 11) is 0. The summed E-state index contributed by atoms with van der Waals surface area (Å²) < 4.78 is 7.51. The first kappa shape index (κ1) is 16.8. The van der Waals surface area contributed by atoms with Crippen LogP contribution >= 0.6 is 0 Å². The van der Waals surface area contributed by atoms with E-state index in [0.717, 1.165) is 22.7 Å². The Labute approximate surface area is 137 Å². The fourth-order valence-electron chi connectivity index (χ4n) is 2.48. The Balaban J connectivity index is 2.39. The Bertz CT molecular complexity index is 779. The van der Waals surface area contributed by atoms with Gasteiger partial charge in [-0.05, 0) is 43.7 Å². The van der Waals surface area contributed by atoms with E-state index in [9.17, 15) is 10.1 Å². The van der Waals surface area contributed by atoms with E-state index in [1.54, 1.807) is 12.3 Å². The van der Waals surface area contributed by atoms with Gasteiger partial charge in [-0.3, -0.25) is 4.79 Å². The molecule has 0 fully saturated rings. The van der Waals surface area contributed by atoms with Gasteiger partial charge < -0.3 is 8.98 Å². The van der Waals surface area contributed by atoms with Crippen molar-refractivity contribution < 1.29 is 9.21 Å². The van der Waals surface area contributed by atoms with E-state index < -0.39 is 5.41 Å². The van der Waals surface area contributed by atoms with Gasteiger partial charge in [-0.2, -0.15) is 5.26 Å². The van der Waals surface area contributed by atoms with Crippen molar-refractivity contribution in [1.82, 2.24) is 4.57 Å². The molecule has 120 valence electrons. The second-order valence-electron chi connectivity index (χ2n) is 6.74. The lowest BCUT2D eigenvalue weighted by molar-refractivity contribution is -0.121. The van der Waals surface area contributed by atoms with E-state index in [1.165, 1.54) is 0 Å². The topological polar surface area (TPSA) is 58.9 Å². The van der Waals surface area contributed by atoms with Gasteiger partial charge in [0.2, 0.25) is 0 Å². The lowest BCUT2D eigenvalue weighted by Gasteiger charge is -2.15. The van der Waals surface area contributed by atoms with Gasteiger partial charge in [0.15, 0.2) is 5.78 Å². The number of ketones is 1. The molecule has 0 aromatic carbocycles. The number of Topliss-reactive ketones (excluding diaryl/α,β-unsaturated/α-hetero) is 1. The minimum atomic E-state index is -0.568. The first-order valence-electron chi connectivity index (χ1n) is 7.59. The van der Waals surface area contributed by atoms with Crippen LogP contribution in [0.25, 0.3) is 6.08 Å². The summed E-state index contributed by atoms with van der Waals surface area (Å²) in [4.78, 5) is 12.3. The molecular formula is C19H22N2O2. The molecule has 2 aromatic rings. The second kappa shape index (κ2) is 6.29. The van der Waals surface area contributed by atoms with Gasteiger partial charge in [0.1, 0.15) is 11.8 Å². The molecule has 0 aliphatic rings. The Morgan fingerprint density at radius 1 is 1.39 bits per heavy atom. The average Bonchev–Trinajstić information content (AvgIpc) is 3.07. The highest BCUT2D eigenvalue weighted by Crippen LogP contribution is 2.24. The number of nitrogens with zero attached hydrogens (tertiary/aromatic N) is 2. The van der Waals surface area contributed by atoms with Crippen LogP contribution < -0.4 is 0 Å². The molecule has 2 aromatic heterocycles. The molecule has 0 saturated carbocycles. The number of hydrogen-bond donors (Lipinski definition) is 0. The van der Waals surface area contributed by atoms with Gasteiger partial charge in [-0.15, -0.1) is 0 Å². The summed E-state index contributed by atoms with van der Waals surface area (Å²) in [5, 5.41) is 9.33. The van der Waals surface area contributed by atoms with Crippen LogP contribution in [0, 0.1) is 30.6 Å².